The molecule has 25 heavy (non-hydrogen) atoms. The second-order valence-corrected chi connectivity index (χ2v) is 9.34. The van der Waals surface area contributed by atoms with Gasteiger partial charge in [0, 0.05) is 17.3 Å². The SMILES string of the molecule is CCn1c(=NC(=O)c2ccccc2S(C)(=O)=O)sc2cc(Br)ccc21. The summed E-state index contributed by atoms with van der Waals surface area (Å²) < 4.78 is 27.7. The van der Waals surface area contributed by atoms with Gasteiger partial charge in [-0.1, -0.05) is 39.4 Å². The number of benzene rings is 2. The monoisotopic (exact) mass is 438 g/mol. The number of rotatable bonds is 3. The van der Waals surface area contributed by atoms with E-state index in [9.17, 15) is 13.2 Å². The smallest absolute Gasteiger partial charge is 0.280 e. The first-order valence-electron chi connectivity index (χ1n) is 7.48. The van der Waals surface area contributed by atoms with E-state index in [4.69, 9.17) is 0 Å². The Balaban J connectivity index is 2.20. The van der Waals surface area contributed by atoms with Crippen LogP contribution in [-0.2, 0) is 16.4 Å². The highest BCUT2D eigenvalue weighted by atomic mass is 79.9. The summed E-state index contributed by atoms with van der Waals surface area (Å²) in [5, 5.41) is 0. The topological polar surface area (TPSA) is 68.5 Å². The highest BCUT2D eigenvalue weighted by molar-refractivity contribution is 9.10. The summed E-state index contributed by atoms with van der Waals surface area (Å²) in [6, 6.07) is 12.0. The Morgan fingerprint density at radius 1 is 1.24 bits per heavy atom. The minimum atomic E-state index is -3.51. The fourth-order valence-corrected chi connectivity index (χ4v) is 5.08. The number of carbonyl (C=O) groups is 1. The Hall–Kier alpha value is -1.77. The van der Waals surface area contributed by atoms with Gasteiger partial charge in [-0.3, -0.25) is 4.79 Å². The molecule has 0 N–H and O–H groups in total. The lowest BCUT2D eigenvalue weighted by Crippen LogP contribution is -2.17. The van der Waals surface area contributed by atoms with Gasteiger partial charge in [-0.25, -0.2) is 8.42 Å². The van der Waals surface area contributed by atoms with Crippen molar-refractivity contribution in [2.45, 2.75) is 18.4 Å². The van der Waals surface area contributed by atoms with Gasteiger partial charge in [0.25, 0.3) is 5.91 Å². The number of carbonyl (C=O) groups excluding carboxylic acids is 1. The zero-order valence-electron chi connectivity index (χ0n) is 13.6. The highest BCUT2D eigenvalue weighted by Crippen LogP contribution is 2.22. The summed E-state index contributed by atoms with van der Waals surface area (Å²) in [6.45, 7) is 2.63. The summed E-state index contributed by atoms with van der Waals surface area (Å²) in [5.41, 5.74) is 1.07. The average Bonchev–Trinajstić information content (AvgIpc) is 2.89. The van der Waals surface area contributed by atoms with E-state index < -0.39 is 15.7 Å². The fraction of sp³-hybridized carbons (Fsp3) is 0.176. The van der Waals surface area contributed by atoms with Crippen molar-refractivity contribution in [3.8, 4) is 0 Å². The zero-order valence-corrected chi connectivity index (χ0v) is 16.8. The number of amides is 1. The van der Waals surface area contributed by atoms with E-state index in [1.807, 2.05) is 29.7 Å². The number of aromatic nitrogens is 1. The van der Waals surface area contributed by atoms with Gasteiger partial charge in [0.2, 0.25) is 0 Å². The van der Waals surface area contributed by atoms with Crippen LogP contribution in [0.5, 0.6) is 0 Å². The molecule has 0 spiro atoms. The first-order chi connectivity index (χ1) is 11.8. The predicted octanol–water partition coefficient (Wildman–Crippen LogP) is 3.63. The molecule has 5 nitrogen and oxygen atoms in total. The van der Waals surface area contributed by atoms with Crippen molar-refractivity contribution >= 4 is 53.2 Å². The minimum absolute atomic E-state index is 0.00402. The van der Waals surface area contributed by atoms with Crippen molar-refractivity contribution < 1.29 is 13.2 Å². The normalized spacial score (nSPS) is 12.7. The average molecular weight is 439 g/mol. The molecule has 8 heteroatoms. The standard InChI is InChI=1S/C17H15BrN2O3S2/c1-3-20-13-9-8-11(18)10-14(13)24-17(20)19-16(21)12-6-4-5-7-15(12)25(2,22)23/h4-10H,3H2,1-2H3. The van der Waals surface area contributed by atoms with Gasteiger partial charge in [-0.15, -0.1) is 0 Å². The van der Waals surface area contributed by atoms with Gasteiger partial charge in [0.15, 0.2) is 14.6 Å². The molecule has 3 rings (SSSR count). The van der Waals surface area contributed by atoms with Crippen LogP contribution in [0.15, 0.2) is 56.8 Å². The Kier molecular flexibility index (Phi) is 4.95. The number of nitrogens with zero attached hydrogens (tertiary/aromatic N) is 2. The Morgan fingerprint density at radius 2 is 1.96 bits per heavy atom. The molecular weight excluding hydrogens is 424 g/mol. The Bertz CT molecular complexity index is 1140. The Morgan fingerprint density at radius 3 is 2.64 bits per heavy atom. The van der Waals surface area contributed by atoms with E-state index >= 15 is 0 Å². The molecule has 0 radical (unpaired) electrons. The molecule has 130 valence electrons. The molecule has 0 atom stereocenters. The van der Waals surface area contributed by atoms with Crippen molar-refractivity contribution in [1.82, 2.24) is 4.57 Å². The van der Waals surface area contributed by atoms with Gasteiger partial charge in [0.05, 0.1) is 20.7 Å². The van der Waals surface area contributed by atoms with Crippen molar-refractivity contribution in [2.75, 3.05) is 6.26 Å². The number of hydrogen-bond acceptors (Lipinski definition) is 4. The number of hydrogen-bond donors (Lipinski definition) is 0. The molecule has 0 aliphatic heterocycles. The van der Waals surface area contributed by atoms with Crippen LogP contribution in [0.25, 0.3) is 10.2 Å². The van der Waals surface area contributed by atoms with Crippen molar-refractivity contribution in [3.05, 3.63) is 57.3 Å². The van der Waals surface area contributed by atoms with E-state index in [0.29, 0.717) is 11.3 Å². The van der Waals surface area contributed by atoms with Crippen LogP contribution < -0.4 is 4.80 Å². The predicted molar refractivity (Wildman–Crippen MR) is 103 cm³/mol. The molecule has 0 saturated heterocycles. The largest absolute Gasteiger partial charge is 0.317 e. The molecule has 1 aromatic heterocycles. The van der Waals surface area contributed by atoms with Crippen LogP contribution in [-0.4, -0.2) is 25.1 Å². The third kappa shape index (κ3) is 3.61. The number of halogens is 1. The summed E-state index contributed by atoms with van der Waals surface area (Å²) >= 11 is 4.84. The van der Waals surface area contributed by atoms with Crippen LogP contribution >= 0.6 is 27.3 Å². The van der Waals surface area contributed by atoms with Gasteiger partial charge in [-0.2, -0.15) is 4.99 Å². The first-order valence-corrected chi connectivity index (χ1v) is 11.0. The van der Waals surface area contributed by atoms with Gasteiger partial charge in [0.1, 0.15) is 0 Å². The van der Waals surface area contributed by atoms with Crippen LogP contribution in [0.3, 0.4) is 0 Å². The van der Waals surface area contributed by atoms with Gasteiger partial charge in [-0.05, 0) is 37.3 Å². The molecular formula is C17H15BrN2O3S2. The fourth-order valence-electron chi connectivity index (χ4n) is 2.55. The van der Waals surface area contributed by atoms with E-state index in [1.54, 1.807) is 12.1 Å². The molecule has 2 aromatic carbocycles. The Labute approximate surface area is 157 Å². The maximum absolute atomic E-state index is 12.6. The molecule has 0 bridgehead atoms. The minimum Gasteiger partial charge on any atom is -0.317 e. The zero-order chi connectivity index (χ0) is 18.2. The molecule has 3 aromatic rings. The lowest BCUT2D eigenvalue weighted by molar-refractivity contribution is 0.0994. The van der Waals surface area contributed by atoms with E-state index in [1.165, 1.54) is 23.5 Å². The third-order valence-electron chi connectivity index (χ3n) is 3.68. The van der Waals surface area contributed by atoms with Crippen LogP contribution in [0.1, 0.15) is 17.3 Å². The summed E-state index contributed by atoms with van der Waals surface area (Å²) in [5.74, 6) is -0.561. The second-order valence-electron chi connectivity index (χ2n) is 5.43. The van der Waals surface area contributed by atoms with Crippen LogP contribution in [0.4, 0.5) is 0 Å². The van der Waals surface area contributed by atoms with E-state index in [0.717, 1.165) is 20.9 Å². The summed E-state index contributed by atoms with van der Waals surface area (Å²) in [7, 11) is -3.51. The summed E-state index contributed by atoms with van der Waals surface area (Å²) in [4.78, 5) is 17.4. The van der Waals surface area contributed by atoms with Crippen LogP contribution in [0, 0.1) is 0 Å². The van der Waals surface area contributed by atoms with E-state index in [2.05, 4.69) is 20.9 Å². The number of fused-ring (bicyclic) bond motifs is 1. The maximum atomic E-state index is 12.6. The van der Waals surface area contributed by atoms with Crippen LogP contribution in [0.2, 0.25) is 0 Å². The first kappa shape index (κ1) is 18.0. The van der Waals surface area contributed by atoms with Crippen molar-refractivity contribution in [1.29, 1.82) is 0 Å². The third-order valence-corrected chi connectivity index (χ3v) is 6.36. The number of thiazole rings is 1. The lowest BCUT2D eigenvalue weighted by atomic mass is 10.2. The van der Waals surface area contributed by atoms with Gasteiger partial charge >= 0.3 is 0 Å². The molecule has 0 fully saturated rings. The molecule has 1 amide bonds. The number of sulfone groups is 1. The second kappa shape index (κ2) is 6.86. The molecule has 0 saturated carbocycles. The van der Waals surface area contributed by atoms with E-state index in [-0.39, 0.29) is 10.5 Å². The maximum Gasteiger partial charge on any atom is 0.280 e. The van der Waals surface area contributed by atoms with Gasteiger partial charge < -0.3 is 4.57 Å². The highest BCUT2D eigenvalue weighted by Gasteiger charge is 2.18. The number of aryl methyl sites for hydroxylation is 1. The quantitative estimate of drug-likeness (QED) is 0.626. The van der Waals surface area contributed by atoms with Crippen molar-refractivity contribution in [3.63, 3.8) is 0 Å². The molecule has 0 aliphatic carbocycles. The molecule has 0 aliphatic rings. The summed E-state index contributed by atoms with van der Waals surface area (Å²) in [6.07, 6.45) is 1.09. The molecule has 0 unspecified atom stereocenters. The lowest BCUT2D eigenvalue weighted by Gasteiger charge is -2.04. The molecule has 1 heterocycles. The van der Waals surface area contributed by atoms with Crippen molar-refractivity contribution in [2.24, 2.45) is 4.99 Å².